The van der Waals surface area contributed by atoms with E-state index in [4.69, 9.17) is 21.1 Å². The fourth-order valence-electron chi connectivity index (χ4n) is 3.83. The number of halogens is 1. The molecule has 0 radical (unpaired) electrons. The average Bonchev–Trinajstić information content (AvgIpc) is 3.52. The minimum Gasteiger partial charge on any atom is -0.463 e. The maximum atomic E-state index is 12.5. The molecule has 1 atom stereocenters. The first-order valence-electron chi connectivity index (χ1n) is 9.92. The highest BCUT2D eigenvalue weighted by molar-refractivity contribution is 6.31. The van der Waals surface area contributed by atoms with Gasteiger partial charge in [0.1, 0.15) is 5.69 Å². The van der Waals surface area contributed by atoms with Gasteiger partial charge in [-0.2, -0.15) is 10.2 Å². The van der Waals surface area contributed by atoms with Gasteiger partial charge in [-0.1, -0.05) is 41.9 Å². The van der Waals surface area contributed by atoms with Gasteiger partial charge in [-0.15, -0.1) is 0 Å². The van der Waals surface area contributed by atoms with E-state index in [0.29, 0.717) is 22.9 Å². The Morgan fingerprint density at radius 3 is 2.65 bits per heavy atom. The van der Waals surface area contributed by atoms with Crippen molar-refractivity contribution < 1.29 is 9.21 Å². The standard InChI is InChI=1S/C24H19ClN4O2/c1-16(30)29-22(14-21(26-29)17-7-5-8-18(25)13-17)20-15-28(19-9-3-2-4-10-19)27-24(20)23-11-6-12-31-23/h2-13,15,22H,14H2,1H3/t22-/m0/s1. The lowest BCUT2D eigenvalue weighted by molar-refractivity contribution is -0.130. The topological polar surface area (TPSA) is 63.6 Å². The number of amides is 1. The van der Waals surface area contributed by atoms with Crippen molar-refractivity contribution in [3.63, 3.8) is 0 Å². The van der Waals surface area contributed by atoms with E-state index in [1.165, 1.54) is 11.9 Å². The zero-order valence-electron chi connectivity index (χ0n) is 16.8. The summed E-state index contributed by atoms with van der Waals surface area (Å²) < 4.78 is 7.47. The number of aromatic nitrogens is 2. The van der Waals surface area contributed by atoms with E-state index in [1.54, 1.807) is 6.26 Å². The van der Waals surface area contributed by atoms with Crippen LogP contribution in [0.15, 0.2) is 88.7 Å². The summed E-state index contributed by atoms with van der Waals surface area (Å²) in [6.45, 7) is 1.52. The molecule has 0 unspecified atom stereocenters. The fraction of sp³-hybridized carbons (Fsp3) is 0.125. The Hall–Kier alpha value is -3.64. The van der Waals surface area contributed by atoms with Crippen LogP contribution in [0.1, 0.15) is 30.5 Å². The van der Waals surface area contributed by atoms with Crippen LogP contribution in [-0.4, -0.2) is 26.4 Å². The second kappa shape index (κ2) is 7.89. The van der Waals surface area contributed by atoms with E-state index in [2.05, 4.69) is 5.10 Å². The molecule has 0 N–H and O–H groups in total. The van der Waals surface area contributed by atoms with Gasteiger partial charge in [-0.25, -0.2) is 9.69 Å². The number of para-hydroxylation sites is 1. The highest BCUT2D eigenvalue weighted by Crippen LogP contribution is 2.38. The Bertz CT molecular complexity index is 1260. The van der Waals surface area contributed by atoms with E-state index in [1.807, 2.05) is 77.6 Å². The first-order valence-corrected chi connectivity index (χ1v) is 10.3. The molecule has 2 aromatic heterocycles. The monoisotopic (exact) mass is 430 g/mol. The van der Waals surface area contributed by atoms with Crippen LogP contribution in [0, 0.1) is 0 Å². The first kappa shape index (κ1) is 19.3. The van der Waals surface area contributed by atoms with Crippen molar-refractivity contribution in [2.24, 2.45) is 5.10 Å². The molecular formula is C24H19ClN4O2. The van der Waals surface area contributed by atoms with Crippen molar-refractivity contribution in [3.05, 3.63) is 95.3 Å². The van der Waals surface area contributed by atoms with Gasteiger partial charge >= 0.3 is 0 Å². The van der Waals surface area contributed by atoms with Crippen LogP contribution in [0.3, 0.4) is 0 Å². The number of rotatable bonds is 4. The second-order valence-electron chi connectivity index (χ2n) is 7.33. The SMILES string of the molecule is CC(=O)N1N=C(c2cccc(Cl)c2)C[C@H]1c1cn(-c2ccccc2)nc1-c1ccco1. The Labute approximate surface area is 184 Å². The molecule has 4 aromatic rings. The zero-order chi connectivity index (χ0) is 21.4. The molecule has 154 valence electrons. The molecule has 0 spiro atoms. The largest absolute Gasteiger partial charge is 0.463 e. The smallest absolute Gasteiger partial charge is 0.240 e. The molecule has 5 rings (SSSR count). The summed E-state index contributed by atoms with van der Waals surface area (Å²) >= 11 is 6.18. The molecule has 1 amide bonds. The third-order valence-corrected chi connectivity index (χ3v) is 5.50. The molecule has 6 nitrogen and oxygen atoms in total. The zero-order valence-corrected chi connectivity index (χ0v) is 17.5. The minimum absolute atomic E-state index is 0.139. The van der Waals surface area contributed by atoms with E-state index in [-0.39, 0.29) is 11.9 Å². The van der Waals surface area contributed by atoms with Crippen molar-refractivity contribution in [1.29, 1.82) is 0 Å². The van der Waals surface area contributed by atoms with E-state index in [0.717, 1.165) is 22.5 Å². The third-order valence-electron chi connectivity index (χ3n) is 5.27. The van der Waals surface area contributed by atoms with Crippen LogP contribution in [0.25, 0.3) is 17.1 Å². The Morgan fingerprint density at radius 2 is 1.94 bits per heavy atom. The van der Waals surface area contributed by atoms with Gasteiger partial charge in [0.05, 0.1) is 23.7 Å². The third kappa shape index (κ3) is 3.66. The number of benzene rings is 2. The van der Waals surface area contributed by atoms with Crippen LogP contribution in [0.5, 0.6) is 0 Å². The molecule has 3 heterocycles. The molecule has 0 fully saturated rings. The van der Waals surface area contributed by atoms with Gasteiger partial charge in [-0.3, -0.25) is 4.79 Å². The lowest BCUT2D eigenvalue weighted by atomic mass is 9.98. The molecule has 0 saturated carbocycles. The molecule has 31 heavy (non-hydrogen) atoms. The van der Waals surface area contributed by atoms with Gasteiger partial charge in [0.2, 0.25) is 5.91 Å². The van der Waals surface area contributed by atoms with Crippen molar-refractivity contribution >= 4 is 23.2 Å². The highest BCUT2D eigenvalue weighted by atomic mass is 35.5. The Balaban J connectivity index is 1.60. The second-order valence-corrected chi connectivity index (χ2v) is 7.77. The molecule has 7 heteroatoms. The average molecular weight is 431 g/mol. The number of hydrazone groups is 1. The summed E-state index contributed by atoms with van der Waals surface area (Å²) in [6, 6.07) is 20.7. The van der Waals surface area contributed by atoms with Crippen LogP contribution in [0.2, 0.25) is 5.02 Å². The number of nitrogens with zero attached hydrogens (tertiary/aromatic N) is 4. The summed E-state index contributed by atoms with van der Waals surface area (Å²) in [5, 5.41) is 11.6. The normalized spacial score (nSPS) is 15.9. The molecule has 1 aliphatic heterocycles. The fourth-order valence-corrected chi connectivity index (χ4v) is 4.02. The Morgan fingerprint density at radius 1 is 1.10 bits per heavy atom. The minimum atomic E-state index is -0.302. The summed E-state index contributed by atoms with van der Waals surface area (Å²) in [4.78, 5) is 12.5. The van der Waals surface area contributed by atoms with Crippen LogP contribution >= 0.6 is 11.6 Å². The van der Waals surface area contributed by atoms with Gasteiger partial charge in [0, 0.05) is 30.1 Å². The van der Waals surface area contributed by atoms with E-state index >= 15 is 0 Å². The van der Waals surface area contributed by atoms with Crippen molar-refractivity contribution in [2.45, 2.75) is 19.4 Å². The lowest BCUT2D eigenvalue weighted by Gasteiger charge is -2.19. The molecule has 2 aromatic carbocycles. The maximum Gasteiger partial charge on any atom is 0.240 e. The van der Waals surface area contributed by atoms with Gasteiger partial charge in [0.15, 0.2) is 5.76 Å². The van der Waals surface area contributed by atoms with Crippen molar-refractivity contribution in [3.8, 4) is 17.1 Å². The highest BCUT2D eigenvalue weighted by Gasteiger charge is 2.35. The number of hydrogen-bond acceptors (Lipinski definition) is 4. The number of carbonyl (C=O) groups excluding carboxylic acids is 1. The van der Waals surface area contributed by atoms with Crippen molar-refractivity contribution in [2.75, 3.05) is 0 Å². The lowest BCUT2D eigenvalue weighted by Crippen LogP contribution is -2.24. The van der Waals surface area contributed by atoms with E-state index < -0.39 is 0 Å². The molecule has 0 aliphatic carbocycles. The quantitative estimate of drug-likeness (QED) is 0.430. The molecular weight excluding hydrogens is 412 g/mol. The predicted molar refractivity (Wildman–Crippen MR) is 119 cm³/mol. The maximum absolute atomic E-state index is 12.5. The summed E-state index contributed by atoms with van der Waals surface area (Å²) in [6.07, 6.45) is 4.12. The number of carbonyl (C=O) groups is 1. The molecule has 1 aliphatic rings. The van der Waals surface area contributed by atoms with Gasteiger partial charge < -0.3 is 4.42 Å². The Kier molecular flexibility index (Phi) is 4.92. The van der Waals surface area contributed by atoms with E-state index in [9.17, 15) is 4.79 Å². The molecule has 0 bridgehead atoms. The molecule has 0 saturated heterocycles. The summed E-state index contributed by atoms with van der Waals surface area (Å²) in [5.41, 5.74) is 4.18. The van der Waals surface area contributed by atoms with Gasteiger partial charge in [0.25, 0.3) is 0 Å². The van der Waals surface area contributed by atoms with Gasteiger partial charge in [-0.05, 0) is 42.0 Å². The van der Waals surface area contributed by atoms with Crippen LogP contribution in [0.4, 0.5) is 0 Å². The predicted octanol–water partition coefficient (Wildman–Crippen LogP) is 5.48. The summed E-state index contributed by atoms with van der Waals surface area (Å²) in [7, 11) is 0. The van der Waals surface area contributed by atoms with Crippen molar-refractivity contribution in [1.82, 2.24) is 14.8 Å². The van der Waals surface area contributed by atoms with Crippen LogP contribution < -0.4 is 0 Å². The van der Waals surface area contributed by atoms with Crippen LogP contribution in [-0.2, 0) is 4.79 Å². The number of hydrogen-bond donors (Lipinski definition) is 0. The number of furan rings is 1. The summed E-state index contributed by atoms with van der Waals surface area (Å²) in [5.74, 6) is 0.504. The first-order chi connectivity index (χ1) is 15.1.